The average Bonchev–Trinajstić information content (AvgIpc) is 2.47. The number of benzene rings is 1. The predicted octanol–water partition coefficient (Wildman–Crippen LogP) is 2.54. The summed E-state index contributed by atoms with van der Waals surface area (Å²) >= 11 is 3.35. The quantitative estimate of drug-likeness (QED) is 0.897. The van der Waals surface area contributed by atoms with Crippen molar-refractivity contribution >= 4 is 33.3 Å². The Morgan fingerprint density at radius 3 is 2.70 bits per heavy atom. The van der Waals surface area contributed by atoms with E-state index in [1.807, 2.05) is 6.07 Å². The van der Waals surface area contributed by atoms with E-state index in [-0.39, 0.29) is 11.6 Å². The number of carbonyl (C=O) groups is 1. The average molecular weight is 337 g/mol. The number of anilines is 2. The summed E-state index contributed by atoms with van der Waals surface area (Å²) in [5.74, 6) is 0.819. The van der Waals surface area contributed by atoms with Crippen molar-refractivity contribution in [3.05, 3.63) is 40.8 Å². The normalized spacial score (nSPS) is 9.95. The minimum atomic E-state index is -0.350. The first-order valence-corrected chi connectivity index (χ1v) is 6.58. The summed E-state index contributed by atoms with van der Waals surface area (Å²) in [7, 11) is 3.27. The number of aromatic nitrogens is 2. The van der Waals surface area contributed by atoms with Crippen molar-refractivity contribution in [1.82, 2.24) is 9.97 Å². The zero-order valence-corrected chi connectivity index (χ0v) is 12.6. The second kappa shape index (κ2) is 6.33. The molecule has 1 amide bonds. The van der Waals surface area contributed by atoms with Gasteiger partial charge in [0.15, 0.2) is 0 Å². The van der Waals surface area contributed by atoms with Gasteiger partial charge in [0, 0.05) is 11.5 Å². The van der Waals surface area contributed by atoms with E-state index in [9.17, 15) is 4.79 Å². The summed E-state index contributed by atoms with van der Waals surface area (Å²) in [4.78, 5) is 20.2. The van der Waals surface area contributed by atoms with Crippen molar-refractivity contribution in [3.8, 4) is 5.75 Å². The number of halogens is 1. The number of amides is 1. The minimum Gasteiger partial charge on any atom is -0.495 e. The smallest absolute Gasteiger partial charge is 0.275 e. The van der Waals surface area contributed by atoms with Crippen LogP contribution in [0.15, 0.2) is 35.1 Å². The highest BCUT2D eigenvalue weighted by Crippen LogP contribution is 2.28. The molecule has 0 aliphatic heterocycles. The molecule has 2 aromatic rings. The lowest BCUT2D eigenvalue weighted by molar-refractivity contribution is 0.102. The van der Waals surface area contributed by atoms with Gasteiger partial charge in [0.25, 0.3) is 5.91 Å². The van der Waals surface area contributed by atoms with Crippen molar-refractivity contribution in [2.24, 2.45) is 0 Å². The van der Waals surface area contributed by atoms with Crippen LogP contribution in [-0.4, -0.2) is 30.0 Å². The van der Waals surface area contributed by atoms with Crippen LogP contribution in [0.4, 0.5) is 11.5 Å². The molecule has 1 aromatic heterocycles. The lowest BCUT2D eigenvalue weighted by Gasteiger charge is -2.10. The van der Waals surface area contributed by atoms with Gasteiger partial charge in [-0.2, -0.15) is 0 Å². The van der Waals surface area contributed by atoms with Gasteiger partial charge in [0.05, 0.1) is 25.2 Å². The lowest BCUT2D eigenvalue weighted by Crippen LogP contribution is -2.15. The van der Waals surface area contributed by atoms with Crippen LogP contribution < -0.4 is 15.4 Å². The molecule has 0 bridgehead atoms. The molecular formula is C13H13BrN4O2. The summed E-state index contributed by atoms with van der Waals surface area (Å²) in [5, 5.41) is 5.58. The van der Waals surface area contributed by atoms with Gasteiger partial charge in [0.2, 0.25) is 0 Å². The van der Waals surface area contributed by atoms with Crippen LogP contribution in [0.1, 0.15) is 10.5 Å². The van der Waals surface area contributed by atoms with Gasteiger partial charge in [-0.25, -0.2) is 9.97 Å². The number of nitrogens with zero attached hydrogens (tertiary/aromatic N) is 2. The third-order valence-electron chi connectivity index (χ3n) is 2.55. The Bertz CT molecular complexity index is 616. The fourth-order valence-corrected chi connectivity index (χ4v) is 1.90. The van der Waals surface area contributed by atoms with Crippen LogP contribution in [0, 0.1) is 0 Å². The summed E-state index contributed by atoms with van der Waals surface area (Å²) in [6.45, 7) is 0. The van der Waals surface area contributed by atoms with E-state index in [1.165, 1.54) is 12.4 Å². The molecule has 0 saturated carbocycles. The molecule has 0 aliphatic rings. The number of ether oxygens (including phenoxy) is 1. The zero-order chi connectivity index (χ0) is 14.5. The van der Waals surface area contributed by atoms with Gasteiger partial charge in [-0.3, -0.25) is 4.79 Å². The summed E-state index contributed by atoms with van der Waals surface area (Å²) in [6, 6.07) is 5.34. The summed E-state index contributed by atoms with van der Waals surface area (Å²) in [6.07, 6.45) is 2.90. The molecule has 104 valence electrons. The molecular weight excluding hydrogens is 324 g/mol. The molecule has 0 radical (unpaired) electrons. The van der Waals surface area contributed by atoms with Crippen LogP contribution in [-0.2, 0) is 0 Å². The Hall–Kier alpha value is -2.15. The maximum atomic E-state index is 12.1. The number of rotatable bonds is 4. The topological polar surface area (TPSA) is 76.1 Å². The molecule has 6 nitrogen and oxygen atoms in total. The van der Waals surface area contributed by atoms with Crippen molar-refractivity contribution in [2.45, 2.75) is 0 Å². The van der Waals surface area contributed by atoms with E-state index in [1.54, 1.807) is 26.3 Å². The molecule has 2 N–H and O–H groups in total. The molecule has 0 saturated heterocycles. The van der Waals surface area contributed by atoms with Crippen molar-refractivity contribution in [1.29, 1.82) is 0 Å². The number of hydrogen-bond donors (Lipinski definition) is 2. The second-order valence-corrected chi connectivity index (χ2v) is 4.75. The Morgan fingerprint density at radius 1 is 1.30 bits per heavy atom. The van der Waals surface area contributed by atoms with Gasteiger partial charge in [-0.1, -0.05) is 15.9 Å². The largest absolute Gasteiger partial charge is 0.495 e. The predicted molar refractivity (Wildman–Crippen MR) is 80.2 cm³/mol. The minimum absolute atomic E-state index is 0.228. The molecule has 2 rings (SSSR count). The molecule has 20 heavy (non-hydrogen) atoms. The molecule has 0 spiro atoms. The van der Waals surface area contributed by atoms with Crippen molar-refractivity contribution in [3.63, 3.8) is 0 Å². The molecule has 7 heteroatoms. The monoisotopic (exact) mass is 336 g/mol. The highest BCUT2D eigenvalue weighted by atomic mass is 79.9. The molecule has 0 unspecified atom stereocenters. The van der Waals surface area contributed by atoms with Gasteiger partial charge in [-0.05, 0) is 18.2 Å². The maximum Gasteiger partial charge on any atom is 0.275 e. The van der Waals surface area contributed by atoms with Gasteiger partial charge < -0.3 is 15.4 Å². The first-order chi connectivity index (χ1) is 9.63. The number of hydrogen-bond acceptors (Lipinski definition) is 5. The third kappa shape index (κ3) is 3.24. The third-order valence-corrected chi connectivity index (χ3v) is 3.04. The molecule has 0 atom stereocenters. The van der Waals surface area contributed by atoms with E-state index in [0.717, 1.165) is 4.47 Å². The van der Waals surface area contributed by atoms with Crippen LogP contribution >= 0.6 is 15.9 Å². The molecule has 1 aromatic carbocycles. The lowest BCUT2D eigenvalue weighted by atomic mass is 10.3. The molecule has 0 aliphatic carbocycles. The van der Waals surface area contributed by atoms with Crippen LogP contribution in [0.25, 0.3) is 0 Å². The fraction of sp³-hybridized carbons (Fsp3) is 0.154. The number of carbonyl (C=O) groups excluding carboxylic acids is 1. The standard InChI is InChI=1S/C13H13BrN4O2/c1-15-12-7-16-10(6-17-12)13(19)18-9-5-8(14)3-4-11(9)20-2/h3-7H,1-2H3,(H,15,17)(H,18,19). The van der Waals surface area contributed by atoms with E-state index in [4.69, 9.17) is 4.74 Å². The van der Waals surface area contributed by atoms with Crippen LogP contribution in [0.3, 0.4) is 0 Å². The molecule has 1 heterocycles. The summed E-state index contributed by atoms with van der Waals surface area (Å²) in [5.41, 5.74) is 0.789. The van der Waals surface area contributed by atoms with Gasteiger partial charge in [0.1, 0.15) is 17.3 Å². The van der Waals surface area contributed by atoms with E-state index < -0.39 is 0 Å². The van der Waals surface area contributed by atoms with Crippen LogP contribution in [0.5, 0.6) is 5.75 Å². The van der Waals surface area contributed by atoms with E-state index >= 15 is 0 Å². The Morgan fingerprint density at radius 2 is 2.10 bits per heavy atom. The van der Waals surface area contributed by atoms with E-state index in [0.29, 0.717) is 17.3 Å². The Labute approximate surface area is 124 Å². The fourth-order valence-electron chi connectivity index (χ4n) is 1.54. The van der Waals surface area contributed by atoms with E-state index in [2.05, 4.69) is 36.5 Å². The van der Waals surface area contributed by atoms with Crippen LogP contribution in [0.2, 0.25) is 0 Å². The Balaban J connectivity index is 2.20. The highest BCUT2D eigenvalue weighted by Gasteiger charge is 2.11. The molecule has 0 fully saturated rings. The van der Waals surface area contributed by atoms with Crippen molar-refractivity contribution < 1.29 is 9.53 Å². The first-order valence-electron chi connectivity index (χ1n) is 5.78. The zero-order valence-electron chi connectivity index (χ0n) is 11.0. The second-order valence-electron chi connectivity index (χ2n) is 3.84. The van der Waals surface area contributed by atoms with Crippen molar-refractivity contribution in [2.75, 3.05) is 24.8 Å². The SMILES string of the molecule is CNc1cnc(C(=O)Nc2cc(Br)ccc2OC)cn1. The van der Waals surface area contributed by atoms with Gasteiger partial charge >= 0.3 is 0 Å². The Kier molecular flexibility index (Phi) is 4.52. The number of methoxy groups -OCH3 is 1. The number of nitrogens with one attached hydrogen (secondary N) is 2. The maximum absolute atomic E-state index is 12.1. The summed E-state index contributed by atoms with van der Waals surface area (Å²) < 4.78 is 6.03. The van der Waals surface area contributed by atoms with Gasteiger partial charge in [-0.15, -0.1) is 0 Å². The highest BCUT2D eigenvalue weighted by molar-refractivity contribution is 9.10. The first kappa shape index (κ1) is 14.3.